The number of allylic oxidation sites excluding steroid dienone is 4. The highest BCUT2D eigenvalue weighted by Gasteiger charge is 2.46. The fourth-order valence-electron chi connectivity index (χ4n) is 13.0. The molecule has 2 atom stereocenters. The Morgan fingerprint density at radius 3 is 2.07 bits per heavy atom. The number of sulfone groups is 1. The number of unbranched alkanes of at least 4 members (excludes halogenated alkanes) is 2. The van der Waals surface area contributed by atoms with E-state index in [1.54, 1.807) is 24.3 Å². The molecule has 490 valence electrons. The fourth-order valence-corrected chi connectivity index (χ4v) is 16.3. The van der Waals surface area contributed by atoms with Gasteiger partial charge in [-0.3, -0.25) is 9.35 Å². The van der Waals surface area contributed by atoms with Crippen molar-refractivity contribution in [3.8, 4) is 5.75 Å². The lowest BCUT2D eigenvalue weighted by molar-refractivity contribution is -0.438. The van der Waals surface area contributed by atoms with E-state index in [4.69, 9.17) is 9.88 Å². The SMILES string of the molecule is CC1(C)C(/C=C/C2=C(Oc3ccc(C[C@H](NC(=O)CCS(=O)(=O)c4c(F)c(F)c(S(N)(=O)=O)c(F)c4NC4CCCCCCC4)C(=O)O)cc3)C(=C/CC3N(CCCCS(=O)(=O)O)c4ccccc4C3(C)C)/CCC2)=[N+](CCCCS(=O)(=O)[O-])c2ccccc21. The summed E-state index contributed by atoms with van der Waals surface area (Å²) < 4.78 is 176. The minimum Gasteiger partial charge on any atom is -0.748 e. The zero-order valence-electron chi connectivity index (χ0n) is 51.0. The van der Waals surface area contributed by atoms with E-state index < -0.39 is 120 Å². The number of para-hydroxylation sites is 2. The molecule has 8 rings (SSSR count). The largest absolute Gasteiger partial charge is 0.748 e. The van der Waals surface area contributed by atoms with E-state index in [1.165, 1.54) is 0 Å². The summed E-state index contributed by atoms with van der Waals surface area (Å²) in [6.45, 7) is 9.55. The number of sulfonamides is 1. The van der Waals surface area contributed by atoms with Crippen molar-refractivity contribution in [2.75, 3.05) is 40.6 Å². The van der Waals surface area contributed by atoms with Crippen LogP contribution < -0.4 is 25.4 Å². The average Bonchev–Trinajstić information content (AvgIpc) is 1.28. The summed E-state index contributed by atoms with van der Waals surface area (Å²) >= 11 is 0. The molecule has 2 aliphatic carbocycles. The van der Waals surface area contributed by atoms with Crippen LogP contribution in [0.15, 0.2) is 118 Å². The summed E-state index contributed by atoms with van der Waals surface area (Å²) in [7, 11) is -19.0. The average molecular weight is 1330 g/mol. The Kier molecular flexibility index (Phi) is 22.1. The van der Waals surface area contributed by atoms with Crippen molar-refractivity contribution in [2.24, 2.45) is 5.14 Å². The van der Waals surface area contributed by atoms with Gasteiger partial charge in [-0.1, -0.05) is 101 Å². The maximum atomic E-state index is 16.0. The van der Waals surface area contributed by atoms with Crippen molar-refractivity contribution in [2.45, 2.75) is 176 Å². The summed E-state index contributed by atoms with van der Waals surface area (Å²) in [5, 5.41) is 20.3. The van der Waals surface area contributed by atoms with Gasteiger partial charge < -0.3 is 29.9 Å². The Hall–Kier alpha value is -6.42. The summed E-state index contributed by atoms with van der Waals surface area (Å²) in [6.07, 6.45) is 13.4. The number of hydrogen-bond donors (Lipinski definition) is 5. The van der Waals surface area contributed by atoms with Gasteiger partial charge in [-0.15, -0.1) is 0 Å². The minimum atomic E-state index is -5.25. The predicted octanol–water partition coefficient (Wildman–Crippen LogP) is 10.2. The number of fused-ring (bicyclic) bond motifs is 2. The third kappa shape index (κ3) is 16.8. The van der Waals surface area contributed by atoms with Gasteiger partial charge in [0.15, 0.2) is 37.9 Å². The first-order valence-electron chi connectivity index (χ1n) is 30.4. The highest BCUT2D eigenvalue weighted by molar-refractivity contribution is 7.91. The minimum absolute atomic E-state index is 0.0788. The molecule has 1 unspecified atom stereocenters. The van der Waals surface area contributed by atoms with Crippen LogP contribution in [0.4, 0.5) is 30.2 Å². The molecular weight excluding hydrogens is 1250 g/mol. The lowest BCUT2D eigenvalue weighted by atomic mass is 9.78. The number of carboxylic acids is 1. The van der Waals surface area contributed by atoms with Crippen molar-refractivity contribution < 1.29 is 80.0 Å². The quantitative estimate of drug-likeness (QED) is 0.0160. The second kappa shape index (κ2) is 28.6. The third-order valence-corrected chi connectivity index (χ3v) is 21.9. The first-order chi connectivity index (χ1) is 42.3. The fraction of sp³-hybridized carbons (Fsp3) is 0.484. The van der Waals surface area contributed by atoms with Gasteiger partial charge >= 0.3 is 5.97 Å². The Morgan fingerprint density at radius 1 is 0.778 bits per heavy atom. The number of carbonyl (C=O) groups is 2. The maximum absolute atomic E-state index is 16.0. The maximum Gasteiger partial charge on any atom is 0.326 e. The number of carbonyl (C=O) groups excluding carboxylic acids is 1. The van der Waals surface area contributed by atoms with Gasteiger partial charge in [0.1, 0.15) is 29.0 Å². The number of aliphatic carboxylic acids is 1. The lowest BCUT2D eigenvalue weighted by Gasteiger charge is -2.34. The van der Waals surface area contributed by atoms with Crippen LogP contribution >= 0.6 is 0 Å². The molecule has 2 heterocycles. The molecule has 19 nitrogen and oxygen atoms in total. The number of nitrogens with one attached hydrogen (secondary N) is 2. The molecular formula is C64H80F3N5O14S4. The standard InChI is InChI=1S/C64H80F3N5O14S4/c1-63(2)47-23-10-12-25-50(47)71(36-14-16-38-88(78,79)80)52(63)33-29-43-19-18-20-44(30-34-53-64(3,4)48-24-11-13-26-51(48)72(53)37-15-17-39-89(81,82)83)59(43)86-46-31-27-42(28-32-46)41-49(62(74)75)70-54(73)35-40-87(76,77)61-56(66)55(65)60(90(68,84)85)57(67)58(61)69-45-21-8-6-5-7-9-22-45/h10-13,23-33,45,49,53,69H,5-9,14-22,34-41H2,1-4H3,(H5-,68,70,73,74,75,78,79,80,81,82,83,84,85)/b33-29+,44-30+/t49-,53?/m0/s1. The normalized spacial score (nSPS) is 19.0. The molecule has 1 saturated carbocycles. The Bertz CT molecular complexity index is 3960. The molecule has 4 aromatic carbocycles. The van der Waals surface area contributed by atoms with Gasteiger partial charge in [0.2, 0.25) is 21.6 Å². The van der Waals surface area contributed by atoms with E-state index in [2.05, 4.69) is 78.2 Å². The number of carboxylic acid groups (broad SMARTS) is 1. The van der Waals surface area contributed by atoms with Crippen molar-refractivity contribution in [1.29, 1.82) is 0 Å². The Labute approximate surface area is 526 Å². The van der Waals surface area contributed by atoms with Crippen molar-refractivity contribution in [3.05, 3.63) is 142 Å². The first-order valence-corrected chi connectivity index (χ1v) is 36.8. The lowest BCUT2D eigenvalue weighted by Crippen LogP contribution is -2.42. The zero-order chi connectivity index (χ0) is 65.6. The smallest absolute Gasteiger partial charge is 0.326 e. The molecule has 0 spiro atoms. The van der Waals surface area contributed by atoms with E-state index in [-0.39, 0.29) is 36.5 Å². The molecule has 4 aromatic rings. The number of amides is 1. The Balaban J connectivity index is 1.06. The molecule has 4 aliphatic rings. The first kappa shape index (κ1) is 69.5. The second-order valence-corrected chi connectivity index (χ2v) is 31.4. The number of halogens is 3. The molecule has 0 aromatic heterocycles. The molecule has 0 radical (unpaired) electrons. The van der Waals surface area contributed by atoms with Crippen molar-refractivity contribution >= 4 is 74.7 Å². The van der Waals surface area contributed by atoms with Crippen LogP contribution in [0.5, 0.6) is 5.75 Å². The van der Waals surface area contributed by atoms with Gasteiger partial charge in [0.25, 0.3) is 10.1 Å². The van der Waals surface area contributed by atoms with Gasteiger partial charge in [0, 0.05) is 72.5 Å². The third-order valence-electron chi connectivity index (χ3n) is 17.6. The predicted molar refractivity (Wildman–Crippen MR) is 336 cm³/mol. The number of ether oxygens (including phenoxy) is 1. The monoisotopic (exact) mass is 1330 g/mol. The van der Waals surface area contributed by atoms with Crippen LogP contribution in [0.1, 0.15) is 147 Å². The molecule has 1 amide bonds. The van der Waals surface area contributed by atoms with Crippen LogP contribution in [0, 0.1) is 17.5 Å². The zero-order valence-corrected chi connectivity index (χ0v) is 54.2. The van der Waals surface area contributed by atoms with Crippen LogP contribution in [0.25, 0.3) is 0 Å². The molecule has 90 heavy (non-hydrogen) atoms. The highest BCUT2D eigenvalue weighted by atomic mass is 32.2. The van der Waals surface area contributed by atoms with E-state index in [0.29, 0.717) is 87.9 Å². The summed E-state index contributed by atoms with van der Waals surface area (Å²) in [5.41, 5.74) is 5.34. The number of anilines is 2. The van der Waals surface area contributed by atoms with Crippen molar-refractivity contribution in [3.63, 3.8) is 0 Å². The molecule has 2 aliphatic heterocycles. The van der Waals surface area contributed by atoms with Crippen LogP contribution in [0.3, 0.4) is 0 Å². The van der Waals surface area contributed by atoms with Gasteiger partial charge in [0.05, 0.1) is 32.7 Å². The summed E-state index contributed by atoms with van der Waals surface area (Å²) in [4.78, 5) is 25.0. The molecule has 26 heteroatoms. The second-order valence-electron chi connectivity index (χ2n) is 24.8. The topological polar surface area (TPSA) is 300 Å². The summed E-state index contributed by atoms with van der Waals surface area (Å²) in [5.74, 6) is -10.2. The number of hydrogen-bond acceptors (Lipinski definition) is 14. The van der Waals surface area contributed by atoms with E-state index in [1.807, 2.05) is 36.4 Å². The number of nitrogens with two attached hydrogens (primary N) is 1. The van der Waals surface area contributed by atoms with Crippen molar-refractivity contribution in [1.82, 2.24) is 5.32 Å². The van der Waals surface area contributed by atoms with Gasteiger partial charge in [-0.2, -0.15) is 13.0 Å². The molecule has 0 bridgehead atoms. The van der Waals surface area contributed by atoms with E-state index in [9.17, 15) is 57.5 Å². The van der Waals surface area contributed by atoms with Crippen LogP contribution in [-0.2, 0) is 66.9 Å². The number of rotatable bonds is 27. The molecule has 0 saturated heterocycles. The summed E-state index contributed by atoms with van der Waals surface area (Å²) in [6, 6.07) is 20.2. The molecule has 6 N–H and O–H groups in total. The van der Waals surface area contributed by atoms with Crippen LogP contribution in [-0.4, -0.2) is 119 Å². The number of nitrogens with zero attached hydrogens (tertiary/aromatic N) is 2. The Morgan fingerprint density at radius 2 is 1.41 bits per heavy atom. The van der Waals surface area contributed by atoms with Crippen LogP contribution in [0.2, 0.25) is 0 Å². The van der Waals surface area contributed by atoms with Gasteiger partial charge in [-0.05, 0) is 118 Å². The highest BCUT2D eigenvalue weighted by Crippen LogP contribution is 2.48. The van der Waals surface area contributed by atoms with E-state index >= 15 is 13.2 Å². The van der Waals surface area contributed by atoms with Gasteiger partial charge in [-0.25, -0.2) is 48.4 Å². The number of benzene rings is 4. The molecule has 1 fully saturated rings. The number of primary sulfonamides is 1. The van der Waals surface area contributed by atoms with E-state index in [0.717, 1.165) is 65.0 Å².